The van der Waals surface area contributed by atoms with Crippen molar-refractivity contribution in [3.05, 3.63) is 59.4 Å². The molecule has 8 heteroatoms. The Hall–Kier alpha value is -3.39. The first kappa shape index (κ1) is 17.7. The third kappa shape index (κ3) is 3.11. The zero-order valence-corrected chi connectivity index (χ0v) is 16.7. The molecule has 0 saturated heterocycles. The predicted molar refractivity (Wildman–Crippen MR) is 112 cm³/mol. The summed E-state index contributed by atoms with van der Waals surface area (Å²) in [5, 5.41) is 7.83. The second-order valence-corrected chi connectivity index (χ2v) is 7.81. The molecule has 2 aromatic carbocycles. The second-order valence-electron chi connectivity index (χ2n) is 6.78. The van der Waals surface area contributed by atoms with Crippen LogP contribution in [0.5, 0.6) is 11.5 Å². The lowest BCUT2D eigenvalue weighted by Gasteiger charge is -2.17. The molecular formula is C21H18N4O3S. The van der Waals surface area contributed by atoms with Crippen molar-refractivity contribution in [1.82, 2.24) is 14.8 Å². The number of ether oxygens (including phenoxy) is 2. The van der Waals surface area contributed by atoms with E-state index < -0.39 is 0 Å². The molecule has 1 aliphatic rings. The lowest BCUT2D eigenvalue weighted by Crippen LogP contribution is -2.15. The van der Waals surface area contributed by atoms with E-state index in [0.29, 0.717) is 35.4 Å². The van der Waals surface area contributed by atoms with Crippen LogP contribution < -0.4 is 14.8 Å². The Balaban J connectivity index is 1.43. The highest BCUT2D eigenvalue weighted by atomic mass is 32.1. The Bertz CT molecular complexity index is 1200. The van der Waals surface area contributed by atoms with Gasteiger partial charge in [0, 0.05) is 12.1 Å². The van der Waals surface area contributed by atoms with Gasteiger partial charge in [-0.15, -0.1) is 0 Å². The van der Waals surface area contributed by atoms with Gasteiger partial charge in [0.25, 0.3) is 5.91 Å². The fourth-order valence-electron chi connectivity index (χ4n) is 3.36. The topological polar surface area (TPSA) is 78.3 Å². The molecule has 1 aliphatic heterocycles. The molecule has 29 heavy (non-hydrogen) atoms. The molecule has 3 heterocycles. The molecule has 1 amide bonds. The molecule has 0 fully saturated rings. The number of hydrogen-bond acceptors (Lipinski definition) is 6. The lowest BCUT2D eigenvalue weighted by atomic mass is 10.2. The minimum Gasteiger partial charge on any atom is -0.486 e. The van der Waals surface area contributed by atoms with Crippen molar-refractivity contribution in [1.29, 1.82) is 0 Å². The van der Waals surface area contributed by atoms with Crippen molar-refractivity contribution >= 4 is 32.6 Å². The highest BCUT2D eigenvalue weighted by Gasteiger charge is 2.19. The van der Waals surface area contributed by atoms with Gasteiger partial charge in [0.2, 0.25) is 0 Å². The number of hydrogen-bond donors (Lipinski definition) is 1. The molecule has 0 saturated carbocycles. The molecule has 0 aliphatic carbocycles. The quantitative estimate of drug-likeness (QED) is 0.554. The number of rotatable bonds is 3. The van der Waals surface area contributed by atoms with Gasteiger partial charge >= 0.3 is 0 Å². The summed E-state index contributed by atoms with van der Waals surface area (Å²) in [6.45, 7) is 4.96. The van der Waals surface area contributed by atoms with E-state index in [4.69, 9.17) is 9.47 Å². The Morgan fingerprint density at radius 3 is 2.69 bits per heavy atom. The van der Waals surface area contributed by atoms with Gasteiger partial charge in [0.15, 0.2) is 16.6 Å². The summed E-state index contributed by atoms with van der Waals surface area (Å²) >= 11 is 1.40. The zero-order chi connectivity index (χ0) is 20.0. The SMILES string of the molecule is Cc1ccccc1-n1ncc(C(=O)Nc2nc3cc4c(cc3s2)OCCO4)c1C. The first-order valence-electron chi connectivity index (χ1n) is 9.22. The summed E-state index contributed by atoms with van der Waals surface area (Å²) in [6.07, 6.45) is 1.59. The highest BCUT2D eigenvalue weighted by molar-refractivity contribution is 7.22. The van der Waals surface area contributed by atoms with E-state index in [-0.39, 0.29) is 5.91 Å². The third-order valence-electron chi connectivity index (χ3n) is 4.87. The average Bonchev–Trinajstić information content (AvgIpc) is 3.28. The maximum absolute atomic E-state index is 12.9. The van der Waals surface area contributed by atoms with Crippen LogP contribution in [0.4, 0.5) is 5.13 Å². The van der Waals surface area contributed by atoms with Gasteiger partial charge in [0.05, 0.1) is 33.4 Å². The van der Waals surface area contributed by atoms with Gasteiger partial charge in [-0.25, -0.2) is 9.67 Å². The van der Waals surface area contributed by atoms with Gasteiger partial charge < -0.3 is 9.47 Å². The van der Waals surface area contributed by atoms with E-state index >= 15 is 0 Å². The molecule has 0 radical (unpaired) electrons. The van der Waals surface area contributed by atoms with Crippen LogP contribution in [0.3, 0.4) is 0 Å². The highest BCUT2D eigenvalue weighted by Crippen LogP contribution is 2.38. The van der Waals surface area contributed by atoms with Crippen molar-refractivity contribution in [3.63, 3.8) is 0 Å². The number of para-hydroxylation sites is 1. The maximum atomic E-state index is 12.9. The molecular weight excluding hydrogens is 388 g/mol. The molecule has 5 rings (SSSR count). The van der Waals surface area contributed by atoms with Crippen LogP contribution in [-0.2, 0) is 0 Å². The number of nitrogens with zero attached hydrogens (tertiary/aromatic N) is 3. The second kappa shape index (κ2) is 6.89. The minimum absolute atomic E-state index is 0.237. The van der Waals surface area contributed by atoms with E-state index in [2.05, 4.69) is 15.4 Å². The monoisotopic (exact) mass is 406 g/mol. The Morgan fingerprint density at radius 2 is 1.90 bits per heavy atom. The lowest BCUT2D eigenvalue weighted by molar-refractivity contribution is 0.102. The van der Waals surface area contributed by atoms with Gasteiger partial charge in [-0.1, -0.05) is 29.5 Å². The molecule has 1 N–H and O–H groups in total. The van der Waals surface area contributed by atoms with Crippen LogP contribution in [0, 0.1) is 13.8 Å². The van der Waals surface area contributed by atoms with Crippen molar-refractivity contribution < 1.29 is 14.3 Å². The Kier molecular flexibility index (Phi) is 4.21. The number of thiazole rings is 1. The maximum Gasteiger partial charge on any atom is 0.260 e. The van der Waals surface area contributed by atoms with E-state index in [0.717, 1.165) is 27.2 Å². The van der Waals surface area contributed by atoms with E-state index in [1.54, 1.807) is 10.9 Å². The third-order valence-corrected chi connectivity index (χ3v) is 5.80. The van der Waals surface area contributed by atoms with Crippen LogP contribution in [0.25, 0.3) is 15.9 Å². The summed E-state index contributed by atoms with van der Waals surface area (Å²) in [5.41, 5.74) is 4.09. The van der Waals surface area contributed by atoms with E-state index in [1.807, 2.05) is 50.2 Å². The van der Waals surface area contributed by atoms with Gasteiger partial charge in [-0.05, 0) is 25.5 Å². The number of carbonyl (C=O) groups is 1. The van der Waals surface area contributed by atoms with E-state index in [1.165, 1.54) is 11.3 Å². The number of fused-ring (bicyclic) bond motifs is 2. The Morgan fingerprint density at radius 1 is 1.14 bits per heavy atom. The first-order valence-corrected chi connectivity index (χ1v) is 10.0. The molecule has 7 nitrogen and oxygen atoms in total. The number of anilines is 1. The number of aromatic nitrogens is 3. The van der Waals surface area contributed by atoms with Crippen LogP contribution in [-0.4, -0.2) is 33.9 Å². The Labute approximate surface area is 170 Å². The minimum atomic E-state index is -0.237. The van der Waals surface area contributed by atoms with Crippen molar-refractivity contribution in [2.45, 2.75) is 13.8 Å². The van der Waals surface area contributed by atoms with E-state index in [9.17, 15) is 4.79 Å². The summed E-state index contributed by atoms with van der Waals surface area (Å²) in [5.74, 6) is 1.15. The van der Waals surface area contributed by atoms with Crippen LogP contribution in [0.2, 0.25) is 0 Å². The standard InChI is InChI=1S/C21H18N4O3S/c1-12-5-3-4-6-16(12)25-13(2)14(11-22-25)20(26)24-21-23-15-9-17-18(10-19(15)29-21)28-8-7-27-17/h3-6,9-11H,7-8H2,1-2H3,(H,23,24,26). The molecule has 146 valence electrons. The molecule has 2 aromatic heterocycles. The van der Waals surface area contributed by atoms with Gasteiger partial charge in [-0.3, -0.25) is 10.1 Å². The van der Waals surface area contributed by atoms with Crippen LogP contribution in [0.1, 0.15) is 21.6 Å². The summed E-state index contributed by atoms with van der Waals surface area (Å²) in [4.78, 5) is 17.4. The number of aryl methyl sites for hydroxylation is 1. The number of benzene rings is 2. The van der Waals surface area contributed by atoms with Crippen LogP contribution >= 0.6 is 11.3 Å². The van der Waals surface area contributed by atoms with Crippen molar-refractivity contribution in [2.24, 2.45) is 0 Å². The summed E-state index contributed by atoms with van der Waals surface area (Å²) in [6, 6.07) is 11.7. The molecule has 4 aromatic rings. The number of nitrogens with one attached hydrogen (secondary N) is 1. The number of carbonyl (C=O) groups excluding carboxylic acids is 1. The van der Waals surface area contributed by atoms with Crippen LogP contribution in [0.15, 0.2) is 42.6 Å². The molecule has 0 unspecified atom stereocenters. The van der Waals surface area contributed by atoms with Crippen molar-refractivity contribution in [2.75, 3.05) is 18.5 Å². The summed E-state index contributed by atoms with van der Waals surface area (Å²) in [7, 11) is 0. The smallest absolute Gasteiger partial charge is 0.260 e. The predicted octanol–water partition coefficient (Wildman–Crippen LogP) is 4.12. The molecule has 0 spiro atoms. The van der Waals surface area contributed by atoms with Gasteiger partial charge in [0.1, 0.15) is 13.2 Å². The fraction of sp³-hybridized carbons (Fsp3) is 0.190. The largest absolute Gasteiger partial charge is 0.486 e. The zero-order valence-electron chi connectivity index (χ0n) is 15.9. The molecule has 0 bridgehead atoms. The first-order chi connectivity index (χ1) is 14.1. The normalized spacial score (nSPS) is 12.9. The van der Waals surface area contributed by atoms with Gasteiger partial charge in [-0.2, -0.15) is 5.10 Å². The summed E-state index contributed by atoms with van der Waals surface area (Å²) < 4.78 is 13.9. The van der Waals surface area contributed by atoms with Crippen molar-refractivity contribution in [3.8, 4) is 17.2 Å². The average molecular weight is 406 g/mol. The molecule has 0 atom stereocenters. The fourth-order valence-corrected chi connectivity index (χ4v) is 4.23. The number of amides is 1.